The lowest BCUT2D eigenvalue weighted by atomic mass is 10.1. The van der Waals surface area contributed by atoms with Crippen LogP contribution in [0.4, 0.5) is 15.0 Å². The molecule has 7 nitrogen and oxygen atoms in total. The molecule has 0 radical (unpaired) electrons. The van der Waals surface area contributed by atoms with Crippen molar-refractivity contribution in [1.29, 1.82) is 0 Å². The lowest BCUT2D eigenvalue weighted by Gasteiger charge is -2.22. The summed E-state index contributed by atoms with van der Waals surface area (Å²) in [4.78, 5) is 17.0. The van der Waals surface area contributed by atoms with Gasteiger partial charge in [0.15, 0.2) is 0 Å². The molecule has 2 heterocycles. The number of pyridine rings is 1. The minimum atomic E-state index is -1.45. The van der Waals surface area contributed by atoms with Gasteiger partial charge < -0.3 is 19.9 Å². The molecule has 1 unspecified atom stereocenters. The molecule has 0 aliphatic carbocycles. The van der Waals surface area contributed by atoms with E-state index in [4.69, 9.17) is 10.5 Å². The van der Waals surface area contributed by atoms with Gasteiger partial charge in [0.2, 0.25) is 0 Å². The lowest BCUT2D eigenvalue weighted by Crippen LogP contribution is -2.28. The normalized spacial score (nSPS) is 19.5. The molecule has 1 aliphatic rings. The number of nitrogens with zero attached hydrogens (tertiary/aromatic N) is 3. The molecule has 1 saturated heterocycles. The Hall–Kier alpha value is -1.87. The first kappa shape index (κ1) is 20.4. The molecule has 2 rings (SSSR count). The van der Waals surface area contributed by atoms with E-state index in [1.165, 1.54) is 6.07 Å². The second kappa shape index (κ2) is 8.22. The van der Waals surface area contributed by atoms with Gasteiger partial charge in [-0.15, -0.1) is 0 Å². The van der Waals surface area contributed by atoms with Crippen LogP contribution < -0.4 is 10.6 Å². The first-order chi connectivity index (χ1) is 12.1. The first-order valence-electron chi connectivity index (χ1n) is 8.38. The van der Waals surface area contributed by atoms with Crippen molar-refractivity contribution < 1.29 is 18.5 Å². The Kier molecular flexibility index (Phi) is 6.46. The van der Waals surface area contributed by atoms with Gasteiger partial charge in [-0.05, 0) is 40.2 Å². The molecule has 2 N–H and O–H groups in total. The van der Waals surface area contributed by atoms with Crippen LogP contribution in [0.15, 0.2) is 16.7 Å². The summed E-state index contributed by atoms with van der Waals surface area (Å²) in [6, 6.07) is 1.36. The number of hydrogen-bond donors (Lipinski definition) is 1. The average Bonchev–Trinajstić information content (AvgIpc) is 3.00. The van der Waals surface area contributed by atoms with Crippen LogP contribution in [0.1, 0.15) is 39.7 Å². The summed E-state index contributed by atoms with van der Waals surface area (Å²) < 4.78 is 34.7. The van der Waals surface area contributed by atoms with Gasteiger partial charge >= 0.3 is 6.09 Å². The quantitative estimate of drug-likeness (QED) is 0.620. The Bertz CT molecular complexity index is 693. The molecule has 1 aromatic heterocycles. The Labute approximate surface area is 156 Å². The van der Waals surface area contributed by atoms with Gasteiger partial charge in [-0.3, -0.25) is 0 Å². The Morgan fingerprint density at radius 3 is 2.88 bits per heavy atom. The molecule has 2 atom stereocenters. The van der Waals surface area contributed by atoms with Crippen LogP contribution in [-0.2, 0) is 16.1 Å². The van der Waals surface area contributed by atoms with Crippen LogP contribution in [0.5, 0.6) is 0 Å². The fraction of sp³-hybridized carbons (Fsp3) is 0.588. The van der Waals surface area contributed by atoms with Crippen LogP contribution in [0.3, 0.4) is 0 Å². The molecule has 0 bridgehead atoms. The number of carbonyl (C=O) groups is 1. The molecular weight excluding hydrogens is 359 g/mol. The van der Waals surface area contributed by atoms with E-state index in [0.29, 0.717) is 30.2 Å². The van der Waals surface area contributed by atoms with Crippen LogP contribution in [0.2, 0.25) is 0 Å². The van der Waals surface area contributed by atoms with E-state index >= 15 is 0 Å². The van der Waals surface area contributed by atoms with E-state index < -0.39 is 28.0 Å². The highest BCUT2D eigenvalue weighted by molar-refractivity contribution is 7.91. The van der Waals surface area contributed by atoms with Crippen molar-refractivity contribution >= 4 is 29.0 Å². The van der Waals surface area contributed by atoms with Crippen molar-refractivity contribution in [2.45, 2.75) is 38.9 Å². The Balaban J connectivity index is 2.23. The van der Waals surface area contributed by atoms with Crippen LogP contribution in [0, 0.1) is 11.7 Å². The van der Waals surface area contributed by atoms with Gasteiger partial charge in [0.05, 0.1) is 18.5 Å². The maximum atomic E-state index is 13.8. The number of amides is 1. The summed E-state index contributed by atoms with van der Waals surface area (Å²) in [5.41, 5.74) is 5.99. The highest BCUT2D eigenvalue weighted by Gasteiger charge is 2.29. The third-order valence-electron chi connectivity index (χ3n) is 4.01. The molecule has 1 fully saturated rings. The Morgan fingerprint density at radius 1 is 1.58 bits per heavy atom. The second-order valence-electron chi connectivity index (χ2n) is 7.29. The minimum Gasteiger partial charge on any atom is -0.591 e. The number of ether oxygens (including phenoxy) is 1. The predicted molar refractivity (Wildman–Crippen MR) is 100 cm³/mol. The van der Waals surface area contributed by atoms with Crippen LogP contribution in [0.25, 0.3) is 0 Å². The van der Waals surface area contributed by atoms with Crippen molar-refractivity contribution in [3.05, 3.63) is 23.6 Å². The maximum absolute atomic E-state index is 13.8. The van der Waals surface area contributed by atoms with E-state index in [1.807, 2.05) is 25.7 Å². The fourth-order valence-corrected chi connectivity index (χ4v) is 3.24. The number of rotatable bonds is 5. The van der Waals surface area contributed by atoms with Crippen molar-refractivity contribution in [1.82, 2.24) is 4.98 Å². The molecule has 144 valence electrons. The molecule has 1 aliphatic heterocycles. The summed E-state index contributed by atoms with van der Waals surface area (Å²) in [6.45, 7) is 8.72. The second-order valence-corrected chi connectivity index (χ2v) is 9.20. The lowest BCUT2D eigenvalue weighted by molar-refractivity contribution is 0.140. The van der Waals surface area contributed by atoms with Crippen LogP contribution >= 0.6 is 0 Å². The smallest absolute Gasteiger partial charge is 0.404 e. The fourth-order valence-electron chi connectivity index (χ4n) is 2.62. The number of anilines is 1. The van der Waals surface area contributed by atoms with Gasteiger partial charge in [-0.25, -0.2) is 14.2 Å². The van der Waals surface area contributed by atoms with Gasteiger partial charge in [-0.1, -0.05) is 4.40 Å². The van der Waals surface area contributed by atoms with E-state index in [1.54, 1.807) is 6.92 Å². The highest BCUT2D eigenvalue weighted by atomic mass is 32.2. The monoisotopic (exact) mass is 384 g/mol. The number of carbonyl (C=O) groups excluding carboxylic acids is 1. The molecule has 0 saturated carbocycles. The number of primary amides is 1. The summed E-state index contributed by atoms with van der Waals surface area (Å²) in [5.74, 6) is 0.232. The SMILES string of the molecule is CC(=N[S+]([O-])C(C)(C)C)c1cc(F)cnc1N1CC[C@@H](COC(N)=O)C1. The molecule has 1 aromatic rings. The number of hydrogen-bond acceptors (Lipinski definition) is 6. The summed E-state index contributed by atoms with van der Waals surface area (Å²) in [5, 5.41) is 0. The first-order valence-corrected chi connectivity index (χ1v) is 9.49. The molecule has 0 spiro atoms. The van der Waals surface area contributed by atoms with Crippen molar-refractivity contribution in [2.24, 2.45) is 16.0 Å². The maximum Gasteiger partial charge on any atom is 0.404 e. The van der Waals surface area contributed by atoms with Crippen LogP contribution in [-0.4, -0.2) is 45.8 Å². The minimum absolute atomic E-state index is 0.128. The highest BCUT2D eigenvalue weighted by Crippen LogP contribution is 2.27. The number of nitrogens with two attached hydrogens (primary N) is 1. The van der Waals surface area contributed by atoms with Gasteiger partial charge in [0.1, 0.15) is 27.7 Å². The van der Waals surface area contributed by atoms with Crippen molar-refractivity contribution in [2.75, 3.05) is 24.6 Å². The van der Waals surface area contributed by atoms with Crippen molar-refractivity contribution in [3.8, 4) is 0 Å². The molecule has 9 heteroatoms. The number of aromatic nitrogens is 1. The topological polar surface area (TPSA) is 104 Å². The van der Waals surface area contributed by atoms with Gasteiger partial charge in [-0.2, -0.15) is 0 Å². The van der Waals surface area contributed by atoms with Gasteiger partial charge in [0.25, 0.3) is 0 Å². The summed E-state index contributed by atoms with van der Waals surface area (Å²) in [6.07, 6.45) is 1.16. The zero-order valence-corrected chi connectivity index (χ0v) is 16.3. The standard InChI is InChI=1S/C17H25FN4O3S/c1-11(21-26(24)17(2,3)4)14-7-13(18)8-20-15(14)22-6-5-12(9-22)10-25-16(19)23/h7-8,12H,5-6,9-10H2,1-4H3,(H2,19,23)/t12-,26?/m1/s1. The molecule has 1 amide bonds. The predicted octanol–water partition coefficient (Wildman–Crippen LogP) is 2.41. The molecule has 0 aromatic carbocycles. The molecule has 26 heavy (non-hydrogen) atoms. The van der Waals surface area contributed by atoms with E-state index in [-0.39, 0.29) is 12.5 Å². The number of halogens is 1. The summed E-state index contributed by atoms with van der Waals surface area (Å²) in [7, 11) is 0. The van der Waals surface area contributed by atoms with E-state index in [9.17, 15) is 13.7 Å². The van der Waals surface area contributed by atoms with E-state index in [0.717, 1.165) is 12.6 Å². The summed E-state index contributed by atoms with van der Waals surface area (Å²) >= 11 is -1.45. The zero-order chi connectivity index (χ0) is 19.5. The third-order valence-corrected chi connectivity index (χ3v) is 5.50. The largest absolute Gasteiger partial charge is 0.591 e. The third kappa shape index (κ3) is 5.31. The van der Waals surface area contributed by atoms with E-state index in [2.05, 4.69) is 9.38 Å². The average molecular weight is 384 g/mol. The van der Waals surface area contributed by atoms with Gasteiger partial charge in [0, 0.05) is 24.6 Å². The Morgan fingerprint density at radius 2 is 2.27 bits per heavy atom. The van der Waals surface area contributed by atoms with Crippen molar-refractivity contribution in [3.63, 3.8) is 0 Å². The zero-order valence-electron chi connectivity index (χ0n) is 15.5. The molecular formula is C17H25FN4O3S.